The van der Waals surface area contributed by atoms with E-state index in [4.69, 9.17) is 0 Å². The molecule has 6 heteroatoms. The second-order valence-corrected chi connectivity index (χ2v) is 5.81. The van der Waals surface area contributed by atoms with Gasteiger partial charge in [-0.25, -0.2) is 4.98 Å². The van der Waals surface area contributed by atoms with Gasteiger partial charge in [-0.2, -0.15) is 4.98 Å². The summed E-state index contributed by atoms with van der Waals surface area (Å²) in [5.41, 5.74) is 1.77. The van der Waals surface area contributed by atoms with Crippen molar-refractivity contribution in [2.75, 3.05) is 23.3 Å². The molecule has 0 radical (unpaired) electrons. The highest BCUT2D eigenvalue weighted by molar-refractivity contribution is 5.71. The van der Waals surface area contributed by atoms with E-state index in [1.165, 1.54) is 0 Å². The topological polar surface area (TPSA) is 78.4 Å². The van der Waals surface area contributed by atoms with Crippen LogP contribution in [0.4, 0.5) is 17.5 Å². The van der Waals surface area contributed by atoms with Crippen LogP contribution >= 0.6 is 0 Å². The van der Waals surface area contributed by atoms with Gasteiger partial charge in [0.05, 0.1) is 5.92 Å². The molecule has 1 aromatic carbocycles. The minimum Gasteiger partial charge on any atom is -0.481 e. The van der Waals surface area contributed by atoms with Crippen molar-refractivity contribution in [2.24, 2.45) is 5.92 Å². The molecule has 1 fully saturated rings. The van der Waals surface area contributed by atoms with E-state index in [9.17, 15) is 9.90 Å². The summed E-state index contributed by atoms with van der Waals surface area (Å²) in [6.45, 7) is 3.24. The predicted molar refractivity (Wildman–Crippen MR) is 89.1 cm³/mol. The summed E-state index contributed by atoms with van der Waals surface area (Å²) in [5.74, 6) is 0.248. The molecular formula is C17H20N4O2. The summed E-state index contributed by atoms with van der Waals surface area (Å²) in [6.07, 6.45) is 1.59. The number of hydrogen-bond donors (Lipinski definition) is 2. The van der Waals surface area contributed by atoms with Crippen LogP contribution in [-0.2, 0) is 4.79 Å². The molecule has 0 aliphatic carbocycles. The molecule has 0 amide bonds. The number of piperidine rings is 1. The van der Waals surface area contributed by atoms with Gasteiger partial charge in [-0.3, -0.25) is 4.79 Å². The molecule has 0 spiro atoms. The third-order valence-electron chi connectivity index (χ3n) is 3.97. The lowest BCUT2D eigenvalue weighted by Crippen LogP contribution is -2.39. The zero-order valence-electron chi connectivity index (χ0n) is 13.1. The molecule has 1 atom stereocenters. The van der Waals surface area contributed by atoms with E-state index in [1.54, 1.807) is 0 Å². The zero-order valence-corrected chi connectivity index (χ0v) is 13.1. The summed E-state index contributed by atoms with van der Waals surface area (Å²) < 4.78 is 0. The Bertz CT molecular complexity index is 690. The predicted octanol–water partition coefficient (Wildman–Crippen LogP) is 2.83. The molecule has 6 nitrogen and oxygen atoms in total. The third-order valence-corrected chi connectivity index (χ3v) is 3.97. The number of benzene rings is 1. The maximum absolute atomic E-state index is 11.2. The Labute approximate surface area is 135 Å². The summed E-state index contributed by atoms with van der Waals surface area (Å²) >= 11 is 0. The molecule has 1 aliphatic heterocycles. The molecular weight excluding hydrogens is 292 g/mol. The van der Waals surface area contributed by atoms with E-state index in [0.717, 1.165) is 36.6 Å². The summed E-state index contributed by atoms with van der Waals surface area (Å²) in [5, 5.41) is 12.4. The number of anilines is 3. The lowest BCUT2D eigenvalue weighted by atomic mass is 9.98. The van der Waals surface area contributed by atoms with E-state index in [0.29, 0.717) is 12.5 Å². The number of rotatable bonds is 4. The molecule has 120 valence electrons. The average Bonchev–Trinajstić information content (AvgIpc) is 2.55. The Morgan fingerprint density at radius 1 is 1.30 bits per heavy atom. The fourth-order valence-corrected chi connectivity index (χ4v) is 2.81. The monoisotopic (exact) mass is 312 g/mol. The van der Waals surface area contributed by atoms with Crippen LogP contribution in [0.25, 0.3) is 0 Å². The van der Waals surface area contributed by atoms with Gasteiger partial charge in [-0.1, -0.05) is 18.2 Å². The number of carboxylic acid groups (broad SMARTS) is 1. The molecule has 0 saturated carbocycles. The largest absolute Gasteiger partial charge is 0.481 e. The molecule has 1 aromatic heterocycles. The van der Waals surface area contributed by atoms with E-state index in [2.05, 4.69) is 15.3 Å². The lowest BCUT2D eigenvalue weighted by molar-refractivity contribution is -0.141. The van der Waals surface area contributed by atoms with Crippen molar-refractivity contribution >= 4 is 23.4 Å². The quantitative estimate of drug-likeness (QED) is 0.904. The van der Waals surface area contributed by atoms with E-state index in [1.807, 2.05) is 48.2 Å². The first-order valence-corrected chi connectivity index (χ1v) is 7.77. The number of aromatic nitrogens is 2. The van der Waals surface area contributed by atoms with Gasteiger partial charge in [0.1, 0.15) is 5.82 Å². The standard InChI is InChI=1S/C17H20N4O2/c1-12-10-15(21-9-5-6-13(11-21)16(22)23)20-17(18-12)19-14-7-3-2-4-8-14/h2-4,7-8,10,13H,5-6,9,11H2,1H3,(H,22,23)(H,18,19,20). The van der Waals surface area contributed by atoms with E-state index < -0.39 is 5.97 Å². The lowest BCUT2D eigenvalue weighted by Gasteiger charge is -2.31. The molecule has 3 rings (SSSR count). The van der Waals surface area contributed by atoms with Gasteiger partial charge in [0, 0.05) is 30.5 Å². The van der Waals surface area contributed by atoms with Crippen molar-refractivity contribution in [3.05, 3.63) is 42.1 Å². The van der Waals surface area contributed by atoms with Crippen LogP contribution in [0.2, 0.25) is 0 Å². The van der Waals surface area contributed by atoms with Gasteiger partial charge in [-0.15, -0.1) is 0 Å². The van der Waals surface area contributed by atoms with Crippen molar-refractivity contribution in [1.82, 2.24) is 9.97 Å². The van der Waals surface area contributed by atoms with Crippen molar-refractivity contribution < 1.29 is 9.90 Å². The zero-order chi connectivity index (χ0) is 16.2. The van der Waals surface area contributed by atoms with Gasteiger partial charge in [0.15, 0.2) is 0 Å². The number of aliphatic carboxylic acids is 1. The van der Waals surface area contributed by atoms with Gasteiger partial charge in [0.25, 0.3) is 0 Å². The first kappa shape index (κ1) is 15.3. The highest BCUT2D eigenvalue weighted by Gasteiger charge is 2.26. The smallest absolute Gasteiger partial charge is 0.308 e. The van der Waals surface area contributed by atoms with Gasteiger partial charge in [0.2, 0.25) is 5.95 Å². The van der Waals surface area contributed by atoms with Crippen molar-refractivity contribution in [2.45, 2.75) is 19.8 Å². The Balaban J connectivity index is 1.81. The Kier molecular flexibility index (Phi) is 4.41. The normalized spacial score (nSPS) is 17.8. The fourth-order valence-electron chi connectivity index (χ4n) is 2.81. The van der Waals surface area contributed by atoms with Crippen LogP contribution < -0.4 is 10.2 Å². The first-order chi connectivity index (χ1) is 11.1. The van der Waals surface area contributed by atoms with Gasteiger partial charge < -0.3 is 15.3 Å². The van der Waals surface area contributed by atoms with E-state index in [-0.39, 0.29) is 5.92 Å². The molecule has 1 saturated heterocycles. The number of hydrogen-bond acceptors (Lipinski definition) is 5. The number of para-hydroxylation sites is 1. The van der Waals surface area contributed by atoms with Crippen LogP contribution in [0.15, 0.2) is 36.4 Å². The maximum atomic E-state index is 11.2. The fraction of sp³-hybridized carbons (Fsp3) is 0.353. The van der Waals surface area contributed by atoms with Gasteiger partial charge >= 0.3 is 5.97 Å². The van der Waals surface area contributed by atoms with Crippen LogP contribution in [-0.4, -0.2) is 34.1 Å². The number of nitrogens with zero attached hydrogens (tertiary/aromatic N) is 3. The van der Waals surface area contributed by atoms with Crippen molar-refractivity contribution in [3.63, 3.8) is 0 Å². The molecule has 23 heavy (non-hydrogen) atoms. The Morgan fingerprint density at radius 2 is 2.09 bits per heavy atom. The molecule has 2 aromatic rings. The van der Waals surface area contributed by atoms with E-state index >= 15 is 0 Å². The summed E-state index contributed by atoms with van der Waals surface area (Å²) in [4.78, 5) is 22.2. The maximum Gasteiger partial charge on any atom is 0.308 e. The Morgan fingerprint density at radius 3 is 2.83 bits per heavy atom. The van der Waals surface area contributed by atoms with Crippen LogP contribution in [0.5, 0.6) is 0 Å². The minimum atomic E-state index is -0.733. The van der Waals surface area contributed by atoms with Crippen LogP contribution in [0.3, 0.4) is 0 Å². The molecule has 2 heterocycles. The van der Waals surface area contributed by atoms with Gasteiger partial charge in [-0.05, 0) is 31.9 Å². The molecule has 1 unspecified atom stereocenters. The summed E-state index contributed by atoms with van der Waals surface area (Å²) in [6, 6.07) is 11.6. The SMILES string of the molecule is Cc1cc(N2CCCC(C(=O)O)C2)nc(Nc2ccccc2)n1. The second-order valence-electron chi connectivity index (χ2n) is 5.81. The number of aryl methyl sites for hydroxylation is 1. The Hall–Kier alpha value is -2.63. The number of nitrogens with one attached hydrogen (secondary N) is 1. The third kappa shape index (κ3) is 3.77. The van der Waals surface area contributed by atoms with Crippen molar-refractivity contribution in [3.8, 4) is 0 Å². The van der Waals surface area contributed by atoms with Crippen LogP contribution in [0, 0.1) is 12.8 Å². The highest BCUT2D eigenvalue weighted by atomic mass is 16.4. The minimum absolute atomic E-state index is 0.329. The van der Waals surface area contributed by atoms with Crippen LogP contribution in [0.1, 0.15) is 18.5 Å². The number of carboxylic acids is 1. The number of carbonyl (C=O) groups is 1. The summed E-state index contributed by atoms with van der Waals surface area (Å²) in [7, 11) is 0. The highest BCUT2D eigenvalue weighted by Crippen LogP contribution is 2.24. The molecule has 2 N–H and O–H groups in total. The molecule has 1 aliphatic rings. The first-order valence-electron chi connectivity index (χ1n) is 7.77. The molecule has 0 bridgehead atoms. The van der Waals surface area contributed by atoms with Crippen molar-refractivity contribution in [1.29, 1.82) is 0 Å². The second kappa shape index (κ2) is 6.64. The average molecular weight is 312 g/mol.